The van der Waals surface area contributed by atoms with Crippen molar-refractivity contribution in [3.63, 3.8) is 0 Å². The Kier molecular flexibility index (Phi) is 4.56. The zero-order valence-corrected chi connectivity index (χ0v) is 8.30. The topological polar surface area (TPSA) is 85.4 Å². The van der Waals surface area contributed by atoms with Gasteiger partial charge in [-0.05, 0) is 24.5 Å². The van der Waals surface area contributed by atoms with Gasteiger partial charge in [0.25, 0.3) is 0 Å². The lowest BCUT2D eigenvalue weighted by atomic mass is 10.1. The summed E-state index contributed by atoms with van der Waals surface area (Å²) in [6.07, 6.45) is 2.98. The van der Waals surface area contributed by atoms with Crippen LogP contribution in [0.3, 0.4) is 0 Å². The van der Waals surface area contributed by atoms with Crippen LogP contribution in [0.15, 0.2) is 24.5 Å². The molecule has 0 aromatic carbocycles. The second kappa shape index (κ2) is 5.98. The first-order chi connectivity index (χ1) is 7.20. The molecule has 1 aromatic heterocycles. The minimum atomic E-state index is -0.786. The van der Waals surface area contributed by atoms with Crippen LogP contribution in [0.25, 0.3) is 0 Å². The van der Waals surface area contributed by atoms with Gasteiger partial charge in [0.15, 0.2) is 0 Å². The van der Waals surface area contributed by atoms with Gasteiger partial charge < -0.3 is 15.6 Å². The summed E-state index contributed by atoms with van der Waals surface area (Å²) < 4.78 is 4.54. The van der Waals surface area contributed by atoms with Crippen molar-refractivity contribution in [2.75, 3.05) is 6.61 Å². The molecule has 0 aliphatic carbocycles. The number of aliphatic hydroxyl groups excluding tert-OH is 1. The van der Waals surface area contributed by atoms with Crippen molar-refractivity contribution in [3.8, 4) is 0 Å². The lowest BCUT2D eigenvalue weighted by Crippen LogP contribution is -2.14. The number of primary amides is 1. The average molecular weight is 210 g/mol. The minimum absolute atomic E-state index is 0.229. The number of nitrogens with zero attached hydrogens (tertiary/aromatic N) is 1. The number of hydrogen-bond donors (Lipinski definition) is 2. The number of aliphatic hydroxyl groups is 1. The number of rotatable bonds is 5. The van der Waals surface area contributed by atoms with E-state index in [2.05, 4.69) is 9.72 Å². The van der Waals surface area contributed by atoms with Crippen molar-refractivity contribution in [2.45, 2.75) is 18.9 Å². The molecule has 1 unspecified atom stereocenters. The van der Waals surface area contributed by atoms with Gasteiger partial charge in [-0.2, -0.15) is 0 Å². The molecule has 0 saturated heterocycles. The molecule has 0 radical (unpaired) electrons. The molecular formula is C10H14N2O3. The van der Waals surface area contributed by atoms with E-state index in [9.17, 15) is 9.90 Å². The summed E-state index contributed by atoms with van der Waals surface area (Å²) in [5.41, 5.74) is 5.55. The lowest BCUT2D eigenvalue weighted by molar-refractivity contribution is 0.130. The molecule has 0 spiro atoms. The van der Waals surface area contributed by atoms with E-state index in [-0.39, 0.29) is 6.61 Å². The zero-order chi connectivity index (χ0) is 11.1. The minimum Gasteiger partial charge on any atom is -0.450 e. The molecule has 1 amide bonds. The van der Waals surface area contributed by atoms with Gasteiger partial charge in [0.2, 0.25) is 0 Å². The maximum atomic E-state index is 10.2. The van der Waals surface area contributed by atoms with Crippen LogP contribution in [0.4, 0.5) is 4.79 Å². The van der Waals surface area contributed by atoms with Crippen LogP contribution in [-0.2, 0) is 4.74 Å². The van der Waals surface area contributed by atoms with Gasteiger partial charge in [-0.1, -0.05) is 6.07 Å². The normalized spacial score (nSPS) is 12.1. The average Bonchev–Trinajstić information content (AvgIpc) is 2.25. The standard InChI is InChI=1S/C10H14N2O3/c11-10(14)15-6-2-4-9(13)8-3-1-5-12-7-8/h1,3,5,7,9,13H,2,4,6H2,(H2,11,14). The van der Waals surface area contributed by atoms with Gasteiger partial charge in [0.1, 0.15) is 0 Å². The van der Waals surface area contributed by atoms with Crippen molar-refractivity contribution in [2.24, 2.45) is 5.73 Å². The van der Waals surface area contributed by atoms with E-state index < -0.39 is 12.2 Å². The molecule has 0 fully saturated rings. The molecule has 1 rings (SSSR count). The number of pyridine rings is 1. The van der Waals surface area contributed by atoms with E-state index in [0.717, 1.165) is 5.56 Å². The molecule has 0 aliphatic heterocycles. The summed E-state index contributed by atoms with van der Waals surface area (Å²) in [5.74, 6) is 0. The number of aromatic nitrogens is 1. The van der Waals surface area contributed by atoms with E-state index in [1.807, 2.05) is 0 Å². The van der Waals surface area contributed by atoms with E-state index >= 15 is 0 Å². The molecule has 0 aliphatic rings. The quantitative estimate of drug-likeness (QED) is 0.709. The van der Waals surface area contributed by atoms with Crippen LogP contribution >= 0.6 is 0 Å². The van der Waals surface area contributed by atoms with E-state index in [4.69, 9.17) is 5.73 Å². The Balaban J connectivity index is 2.25. The fourth-order valence-corrected chi connectivity index (χ4v) is 1.19. The predicted octanol–water partition coefficient (Wildman–Crippen LogP) is 0.991. The van der Waals surface area contributed by atoms with Gasteiger partial charge in [0, 0.05) is 12.4 Å². The second-order valence-electron chi connectivity index (χ2n) is 3.11. The molecule has 82 valence electrons. The summed E-state index contributed by atoms with van der Waals surface area (Å²) in [6.45, 7) is 0.229. The van der Waals surface area contributed by atoms with Gasteiger partial charge in [-0.25, -0.2) is 4.79 Å². The number of hydrogen-bond acceptors (Lipinski definition) is 4. The second-order valence-corrected chi connectivity index (χ2v) is 3.11. The predicted molar refractivity (Wildman–Crippen MR) is 54.0 cm³/mol. The van der Waals surface area contributed by atoms with E-state index in [1.165, 1.54) is 0 Å². The SMILES string of the molecule is NC(=O)OCCCC(O)c1cccnc1. The highest BCUT2D eigenvalue weighted by Crippen LogP contribution is 2.16. The van der Waals surface area contributed by atoms with Crippen LogP contribution in [0.1, 0.15) is 24.5 Å². The monoisotopic (exact) mass is 210 g/mol. The number of carbonyl (C=O) groups is 1. The summed E-state index contributed by atoms with van der Waals surface area (Å²) in [7, 11) is 0. The molecule has 1 aromatic rings. The summed E-state index contributed by atoms with van der Waals surface area (Å²) in [4.78, 5) is 14.1. The fraction of sp³-hybridized carbons (Fsp3) is 0.400. The van der Waals surface area contributed by atoms with Crippen molar-refractivity contribution in [1.82, 2.24) is 4.98 Å². The summed E-state index contributed by atoms with van der Waals surface area (Å²) in [6, 6.07) is 3.56. The third-order valence-electron chi connectivity index (χ3n) is 1.94. The third-order valence-corrected chi connectivity index (χ3v) is 1.94. The molecule has 0 saturated carbocycles. The Morgan fingerprint density at radius 3 is 3.07 bits per heavy atom. The smallest absolute Gasteiger partial charge is 0.404 e. The largest absolute Gasteiger partial charge is 0.450 e. The highest BCUT2D eigenvalue weighted by Gasteiger charge is 2.06. The van der Waals surface area contributed by atoms with Crippen LogP contribution in [-0.4, -0.2) is 22.8 Å². The van der Waals surface area contributed by atoms with Gasteiger partial charge in [-0.15, -0.1) is 0 Å². The number of carbonyl (C=O) groups excluding carboxylic acids is 1. The van der Waals surface area contributed by atoms with E-state index in [1.54, 1.807) is 24.5 Å². The van der Waals surface area contributed by atoms with Crippen molar-refractivity contribution in [1.29, 1.82) is 0 Å². The first-order valence-corrected chi connectivity index (χ1v) is 4.70. The first kappa shape index (κ1) is 11.5. The van der Waals surface area contributed by atoms with E-state index in [0.29, 0.717) is 12.8 Å². The molecule has 3 N–H and O–H groups in total. The Bertz CT molecular complexity index is 303. The van der Waals surface area contributed by atoms with Gasteiger partial charge in [-0.3, -0.25) is 4.98 Å². The van der Waals surface area contributed by atoms with Crippen LogP contribution in [0.2, 0.25) is 0 Å². The number of nitrogens with two attached hydrogens (primary N) is 1. The number of amides is 1. The highest BCUT2D eigenvalue weighted by atomic mass is 16.5. The fourth-order valence-electron chi connectivity index (χ4n) is 1.19. The van der Waals surface area contributed by atoms with Crippen molar-refractivity contribution < 1.29 is 14.6 Å². The molecule has 5 nitrogen and oxygen atoms in total. The van der Waals surface area contributed by atoms with Crippen molar-refractivity contribution >= 4 is 6.09 Å². The highest BCUT2D eigenvalue weighted by molar-refractivity contribution is 5.64. The Labute approximate surface area is 87.9 Å². The van der Waals surface area contributed by atoms with Crippen LogP contribution < -0.4 is 5.73 Å². The molecule has 1 heterocycles. The summed E-state index contributed by atoms with van der Waals surface area (Å²) >= 11 is 0. The molecule has 1 atom stereocenters. The lowest BCUT2D eigenvalue weighted by Gasteiger charge is -2.09. The first-order valence-electron chi connectivity index (χ1n) is 4.70. The molecule has 0 bridgehead atoms. The maximum Gasteiger partial charge on any atom is 0.404 e. The van der Waals surface area contributed by atoms with Gasteiger partial charge >= 0.3 is 6.09 Å². The molecular weight excluding hydrogens is 196 g/mol. The van der Waals surface area contributed by atoms with Crippen molar-refractivity contribution in [3.05, 3.63) is 30.1 Å². The molecule has 15 heavy (non-hydrogen) atoms. The Morgan fingerprint density at radius 2 is 2.47 bits per heavy atom. The maximum absolute atomic E-state index is 10.2. The summed E-state index contributed by atoms with van der Waals surface area (Å²) in [5, 5.41) is 9.67. The molecule has 5 heteroatoms. The van der Waals surface area contributed by atoms with Crippen LogP contribution in [0, 0.1) is 0 Å². The number of ether oxygens (including phenoxy) is 1. The Hall–Kier alpha value is -1.62. The Morgan fingerprint density at radius 1 is 1.67 bits per heavy atom. The van der Waals surface area contributed by atoms with Gasteiger partial charge in [0.05, 0.1) is 12.7 Å². The third kappa shape index (κ3) is 4.42. The zero-order valence-electron chi connectivity index (χ0n) is 8.30. The van der Waals surface area contributed by atoms with Crippen LogP contribution in [0.5, 0.6) is 0 Å².